The number of hydrogen-bond donors (Lipinski definition) is 2. The Balaban J connectivity index is 2.34. The smallest absolute Gasteiger partial charge is 0.335 e. The maximum absolute atomic E-state index is 11.0. The lowest BCUT2D eigenvalue weighted by Gasteiger charge is -2.48. The third-order valence-electron chi connectivity index (χ3n) is 3.31. The molecule has 20 heavy (non-hydrogen) atoms. The summed E-state index contributed by atoms with van der Waals surface area (Å²) in [5, 5.41) is 8.99. The molecule has 0 amide bonds. The van der Waals surface area contributed by atoms with Crippen LogP contribution in [-0.4, -0.2) is 35.4 Å². The number of anilines is 2. The Hall–Kier alpha value is -1.75. The molecular weight excluding hydrogens is 256 g/mol. The lowest BCUT2D eigenvalue weighted by Crippen LogP contribution is -2.57. The highest BCUT2D eigenvalue weighted by Crippen LogP contribution is 2.34. The monoisotopic (exact) mass is 278 g/mol. The van der Waals surface area contributed by atoms with Crippen molar-refractivity contribution in [3.8, 4) is 0 Å². The third kappa shape index (κ3) is 3.04. The van der Waals surface area contributed by atoms with Gasteiger partial charge in [-0.25, -0.2) is 4.79 Å². The molecule has 1 aliphatic heterocycles. The van der Waals surface area contributed by atoms with E-state index in [-0.39, 0.29) is 16.8 Å². The van der Waals surface area contributed by atoms with Crippen molar-refractivity contribution in [3.63, 3.8) is 0 Å². The number of ether oxygens (including phenoxy) is 1. The van der Waals surface area contributed by atoms with Crippen molar-refractivity contribution in [1.29, 1.82) is 0 Å². The molecule has 0 aliphatic carbocycles. The van der Waals surface area contributed by atoms with Gasteiger partial charge >= 0.3 is 5.97 Å². The van der Waals surface area contributed by atoms with Crippen molar-refractivity contribution in [2.75, 3.05) is 23.7 Å². The fraction of sp³-hybridized carbons (Fsp3) is 0.533. The Morgan fingerprint density at radius 2 is 1.80 bits per heavy atom. The SMILES string of the molecule is CC1(C)CN(c2ccc(C(=O)O)cc2N)CC(C)(C)O1. The molecule has 3 N–H and O–H groups in total. The molecule has 110 valence electrons. The zero-order chi connectivity index (χ0) is 15.1. The highest BCUT2D eigenvalue weighted by atomic mass is 16.5. The number of aromatic carboxylic acids is 1. The fourth-order valence-electron chi connectivity index (χ4n) is 2.93. The molecule has 1 saturated heterocycles. The molecule has 1 aliphatic rings. The number of nitrogen functional groups attached to an aromatic ring is 1. The Kier molecular flexibility index (Phi) is 3.42. The van der Waals surface area contributed by atoms with Crippen molar-refractivity contribution < 1.29 is 14.6 Å². The van der Waals surface area contributed by atoms with E-state index in [1.165, 1.54) is 6.07 Å². The molecule has 0 aromatic heterocycles. The summed E-state index contributed by atoms with van der Waals surface area (Å²) in [5.41, 5.74) is 7.02. The van der Waals surface area contributed by atoms with E-state index in [9.17, 15) is 4.79 Å². The number of hydrogen-bond acceptors (Lipinski definition) is 4. The Morgan fingerprint density at radius 1 is 1.25 bits per heavy atom. The van der Waals surface area contributed by atoms with Gasteiger partial charge in [0.25, 0.3) is 0 Å². The summed E-state index contributed by atoms with van der Waals surface area (Å²) in [5.74, 6) is -0.967. The molecule has 0 bridgehead atoms. The van der Waals surface area contributed by atoms with Crippen LogP contribution in [0.1, 0.15) is 38.1 Å². The summed E-state index contributed by atoms with van der Waals surface area (Å²) in [7, 11) is 0. The molecule has 1 aromatic rings. The highest BCUT2D eigenvalue weighted by Gasteiger charge is 2.38. The van der Waals surface area contributed by atoms with Gasteiger partial charge < -0.3 is 20.5 Å². The first kappa shape index (κ1) is 14.7. The zero-order valence-corrected chi connectivity index (χ0v) is 12.4. The molecule has 0 radical (unpaired) electrons. The van der Waals surface area contributed by atoms with E-state index >= 15 is 0 Å². The maximum Gasteiger partial charge on any atom is 0.335 e. The zero-order valence-electron chi connectivity index (χ0n) is 12.4. The van der Waals surface area contributed by atoms with Crippen molar-refractivity contribution in [3.05, 3.63) is 23.8 Å². The second kappa shape index (κ2) is 4.66. The van der Waals surface area contributed by atoms with Crippen LogP contribution in [0.2, 0.25) is 0 Å². The highest BCUT2D eigenvalue weighted by molar-refractivity contribution is 5.90. The molecule has 1 fully saturated rings. The van der Waals surface area contributed by atoms with Crippen LogP contribution in [0.25, 0.3) is 0 Å². The van der Waals surface area contributed by atoms with Crippen LogP contribution in [0.15, 0.2) is 18.2 Å². The fourth-order valence-corrected chi connectivity index (χ4v) is 2.93. The molecule has 5 heteroatoms. The normalized spacial score (nSPS) is 20.7. The average Bonchev–Trinajstić information content (AvgIpc) is 2.24. The summed E-state index contributed by atoms with van der Waals surface area (Å²) >= 11 is 0. The summed E-state index contributed by atoms with van der Waals surface area (Å²) in [6.45, 7) is 9.61. The van der Waals surface area contributed by atoms with E-state index in [1.807, 2.05) is 27.7 Å². The number of carboxylic acids is 1. The van der Waals surface area contributed by atoms with Crippen LogP contribution in [0.4, 0.5) is 11.4 Å². The first-order valence-electron chi connectivity index (χ1n) is 6.68. The van der Waals surface area contributed by atoms with Gasteiger partial charge in [0.1, 0.15) is 0 Å². The standard InChI is InChI=1S/C15H22N2O3/c1-14(2)8-17(9-15(3,4)20-14)12-6-5-10(13(18)19)7-11(12)16/h5-7H,8-9,16H2,1-4H3,(H,18,19). The largest absolute Gasteiger partial charge is 0.478 e. The van der Waals surface area contributed by atoms with Gasteiger partial charge in [0, 0.05) is 13.1 Å². The molecule has 0 saturated carbocycles. The van der Waals surface area contributed by atoms with Gasteiger partial charge in [-0.1, -0.05) is 0 Å². The molecule has 0 unspecified atom stereocenters. The molecule has 0 atom stereocenters. The number of nitrogens with two attached hydrogens (primary N) is 1. The van der Waals surface area contributed by atoms with Gasteiger partial charge in [0.2, 0.25) is 0 Å². The van der Waals surface area contributed by atoms with Crippen LogP contribution in [-0.2, 0) is 4.74 Å². The van der Waals surface area contributed by atoms with Crippen molar-refractivity contribution in [2.24, 2.45) is 0 Å². The first-order chi connectivity index (χ1) is 9.10. The first-order valence-corrected chi connectivity index (χ1v) is 6.68. The van der Waals surface area contributed by atoms with Crippen LogP contribution in [0.3, 0.4) is 0 Å². The maximum atomic E-state index is 11.0. The number of carbonyl (C=O) groups is 1. The number of carboxylic acid groups (broad SMARTS) is 1. The van der Waals surface area contributed by atoms with Crippen molar-refractivity contribution >= 4 is 17.3 Å². The molecule has 1 aromatic carbocycles. The lowest BCUT2D eigenvalue weighted by molar-refractivity contribution is -0.133. The number of morpholine rings is 1. The molecule has 2 rings (SSSR count). The minimum absolute atomic E-state index is 0.207. The predicted octanol–water partition coefficient (Wildman–Crippen LogP) is 2.36. The van der Waals surface area contributed by atoms with Crippen LogP contribution < -0.4 is 10.6 Å². The molecular formula is C15H22N2O3. The summed E-state index contributed by atoms with van der Waals surface area (Å²) in [4.78, 5) is 13.1. The Bertz CT molecular complexity index is 522. The second-order valence-electron chi connectivity index (χ2n) is 6.56. The van der Waals surface area contributed by atoms with Crippen molar-refractivity contribution in [1.82, 2.24) is 0 Å². The molecule has 5 nitrogen and oxygen atoms in total. The minimum Gasteiger partial charge on any atom is -0.478 e. The van der Waals surface area contributed by atoms with Crippen molar-refractivity contribution in [2.45, 2.75) is 38.9 Å². The van der Waals surface area contributed by atoms with Gasteiger partial charge in [0.15, 0.2) is 0 Å². The topological polar surface area (TPSA) is 75.8 Å². The van der Waals surface area contributed by atoms with Crippen LogP contribution in [0.5, 0.6) is 0 Å². The van der Waals surface area contributed by atoms with E-state index in [0.717, 1.165) is 5.69 Å². The lowest BCUT2D eigenvalue weighted by atomic mass is 9.98. The van der Waals surface area contributed by atoms with E-state index in [4.69, 9.17) is 15.6 Å². The van der Waals surface area contributed by atoms with E-state index in [0.29, 0.717) is 18.8 Å². The summed E-state index contributed by atoms with van der Waals surface area (Å²) < 4.78 is 6.04. The predicted molar refractivity (Wildman–Crippen MR) is 79.3 cm³/mol. The minimum atomic E-state index is -0.967. The number of nitrogens with zero attached hydrogens (tertiary/aromatic N) is 1. The quantitative estimate of drug-likeness (QED) is 0.812. The Labute approximate surface area is 119 Å². The Morgan fingerprint density at radius 3 is 2.25 bits per heavy atom. The van der Waals surface area contributed by atoms with Crippen LogP contribution in [0, 0.1) is 0 Å². The summed E-state index contributed by atoms with van der Waals surface area (Å²) in [6, 6.07) is 4.87. The second-order valence-corrected chi connectivity index (χ2v) is 6.56. The van der Waals surface area contributed by atoms with Gasteiger partial charge in [-0.05, 0) is 45.9 Å². The van der Waals surface area contributed by atoms with E-state index < -0.39 is 5.97 Å². The summed E-state index contributed by atoms with van der Waals surface area (Å²) in [6.07, 6.45) is 0. The van der Waals surface area contributed by atoms with E-state index in [1.54, 1.807) is 12.1 Å². The average molecular weight is 278 g/mol. The van der Waals surface area contributed by atoms with Gasteiger partial charge in [0.05, 0.1) is 28.1 Å². The molecule has 1 heterocycles. The number of benzene rings is 1. The van der Waals surface area contributed by atoms with E-state index in [2.05, 4.69) is 4.90 Å². The third-order valence-corrected chi connectivity index (χ3v) is 3.31. The molecule has 0 spiro atoms. The number of rotatable bonds is 2. The van der Waals surface area contributed by atoms with Crippen LogP contribution >= 0.6 is 0 Å². The van der Waals surface area contributed by atoms with Gasteiger partial charge in [-0.15, -0.1) is 0 Å². The van der Waals surface area contributed by atoms with Gasteiger partial charge in [-0.3, -0.25) is 0 Å². The van der Waals surface area contributed by atoms with Gasteiger partial charge in [-0.2, -0.15) is 0 Å².